The van der Waals surface area contributed by atoms with Crippen LogP contribution in [0.15, 0.2) is 6.07 Å². The van der Waals surface area contributed by atoms with Gasteiger partial charge in [-0.05, 0) is 12.8 Å². The van der Waals surface area contributed by atoms with E-state index in [1.807, 2.05) is 0 Å². The first-order valence-corrected chi connectivity index (χ1v) is 6.00. The van der Waals surface area contributed by atoms with Gasteiger partial charge in [0.2, 0.25) is 0 Å². The molecule has 17 heavy (non-hydrogen) atoms. The second kappa shape index (κ2) is 7.06. The Hall–Kier alpha value is -1.36. The van der Waals surface area contributed by atoms with E-state index in [9.17, 15) is 0 Å². The molecule has 0 amide bonds. The number of nitrogens with one attached hydrogen (secondary N) is 1. The highest BCUT2D eigenvalue weighted by Crippen LogP contribution is 2.14. The van der Waals surface area contributed by atoms with Gasteiger partial charge in [0.25, 0.3) is 0 Å². The number of nitrogen functional groups attached to an aromatic ring is 1. The number of methoxy groups -OCH3 is 1. The van der Waals surface area contributed by atoms with E-state index in [0.29, 0.717) is 5.82 Å². The Kier molecular flexibility index (Phi) is 5.69. The van der Waals surface area contributed by atoms with Crippen LogP contribution in [0.25, 0.3) is 0 Å². The molecule has 0 bridgehead atoms. The molecule has 1 heterocycles. The number of aromatic nitrogens is 2. The van der Waals surface area contributed by atoms with Crippen LogP contribution in [0.5, 0.6) is 0 Å². The summed E-state index contributed by atoms with van der Waals surface area (Å²) < 4.78 is 4.99. The number of hydrogen-bond donors (Lipinski definition) is 2. The zero-order valence-corrected chi connectivity index (χ0v) is 10.9. The van der Waals surface area contributed by atoms with Gasteiger partial charge in [0.05, 0.1) is 0 Å². The number of rotatable bonds is 7. The Morgan fingerprint density at radius 2 is 2.12 bits per heavy atom. The monoisotopic (exact) mass is 238 g/mol. The summed E-state index contributed by atoms with van der Waals surface area (Å²) in [6, 6.07) is 1.77. The van der Waals surface area contributed by atoms with E-state index in [2.05, 4.69) is 29.1 Å². The van der Waals surface area contributed by atoms with E-state index in [-0.39, 0.29) is 5.92 Å². The van der Waals surface area contributed by atoms with Gasteiger partial charge in [0.15, 0.2) is 0 Å². The molecule has 1 aromatic rings. The molecular formula is C12H22N4O. The fourth-order valence-corrected chi connectivity index (χ4v) is 1.42. The Bertz CT molecular complexity index is 341. The lowest BCUT2D eigenvalue weighted by Gasteiger charge is -2.09. The Morgan fingerprint density at radius 1 is 1.35 bits per heavy atom. The predicted octanol–water partition coefficient (Wildman–Crippen LogP) is 2.02. The maximum atomic E-state index is 5.74. The second-order valence-corrected chi connectivity index (χ2v) is 4.32. The summed E-state index contributed by atoms with van der Waals surface area (Å²) in [5.74, 6) is 2.39. The molecule has 0 fully saturated rings. The molecular weight excluding hydrogens is 216 g/mol. The van der Waals surface area contributed by atoms with Crippen LogP contribution in [0.2, 0.25) is 0 Å². The molecule has 5 heteroatoms. The molecule has 0 aromatic carbocycles. The van der Waals surface area contributed by atoms with E-state index >= 15 is 0 Å². The minimum Gasteiger partial charge on any atom is -0.385 e. The van der Waals surface area contributed by atoms with E-state index < -0.39 is 0 Å². The van der Waals surface area contributed by atoms with Gasteiger partial charge in [-0.1, -0.05) is 13.8 Å². The Morgan fingerprint density at radius 3 is 2.76 bits per heavy atom. The van der Waals surface area contributed by atoms with Crippen LogP contribution in [0, 0.1) is 0 Å². The molecule has 0 radical (unpaired) electrons. The SMILES string of the molecule is COCCCCNc1cc(N)nc(C(C)C)n1. The first-order valence-electron chi connectivity index (χ1n) is 6.00. The molecule has 0 spiro atoms. The minimum atomic E-state index is 0.285. The number of anilines is 2. The normalized spacial score (nSPS) is 10.8. The molecule has 1 aromatic heterocycles. The third-order valence-corrected chi connectivity index (χ3v) is 2.36. The Labute approximate surface area is 103 Å². The highest BCUT2D eigenvalue weighted by atomic mass is 16.5. The van der Waals surface area contributed by atoms with Crippen molar-refractivity contribution in [1.29, 1.82) is 0 Å². The molecule has 0 saturated carbocycles. The fourth-order valence-electron chi connectivity index (χ4n) is 1.42. The van der Waals surface area contributed by atoms with Crippen LogP contribution in [0.4, 0.5) is 11.6 Å². The first kappa shape index (κ1) is 13.7. The lowest BCUT2D eigenvalue weighted by Crippen LogP contribution is -2.09. The number of hydrogen-bond acceptors (Lipinski definition) is 5. The average Bonchev–Trinajstić information content (AvgIpc) is 2.28. The van der Waals surface area contributed by atoms with Gasteiger partial charge in [-0.15, -0.1) is 0 Å². The van der Waals surface area contributed by atoms with Gasteiger partial charge in [-0.25, -0.2) is 9.97 Å². The molecule has 96 valence electrons. The average molecular weight is 238 g/mol. The van der Waals surface area contributed by atoms with Crippen LogP contribution < -0.4 is 11.1 Å². The molecule has 0 saturated heterocycles. The molecule has 1 rings (SSSR count). The molecule has 3 N–H and O–H groups in total. The summed E-state index contributed by atoms with van der Waals surface area (Å²) in [4.78, 5) is 8.62. The van der Waals surface area contributed by atoms with Gasteiger partial charge in [0, 0.05) is 32.2 Å². The van der Waals surface area contributed by atoms with Crippen molar-refractivity contribution >= 4 is 11.6 Å². The third-order valence-electron chi connectivity index (χ3n) is 2.36. The molecule has 0 aliphatic carbocycles. The zero-order chi connectivity index (χ0) is 12.7. The van der Waals surface area contributed by atoms with Crippen LogP contribution in [-0.2, 0) is 4.74 Å². The van der Waals surface area contributed by atoms with Crippen molar-refractivity contribution in [2.24, 2.45) is 0 Å². The van der Waals surface area contributed by atoms with Gasteiger partial charge in [0.1, 0.15) is 17.5 Å². The molecule has 0 atom stereocenters. The molecule has 5 nitrogen and oxygen atoms in total. The molecule has 0 unspecified atom stereocenters. The number of ether oxygens (including phenoxy) is 1. The van der Waals surface area contributed by atoms with Crippen molar-refractivity contribution in [3.8, 4) is 0 Å². The van der Waals surface area contributed by atoms with Crippen LogP contribution in [0.1, 0.15) is 38.4 Å². The van der Waals surface area contributed by atoms with Gasteiger partial charge in [-0.2, -0.15) is 0 Å². The lowest BCUT2D eigenvalue weighted by atomic mass is 10.2. The topological polar surface area (TPSA) is 73.1 Å². The van der Waals surface area contributed by atoms with Gasteiger partial charge in [-0.3, -0.25) is 0 Å². The second-order valence-electron chi connectivity index (χ2n) is 4.32. The third kappa shape index (κ3) is 4.99. The Balaban J connectivity index is 2.47. The molecule has 0 aliphatic heterocycles. The summed E-state index contributed by atoms with van der Waals surface area (Å²) in [6.07, 6.45) is 2.09. The van der Waals surface area contributed by atoms with Crippen molar-refractivity contribution in [3.63, 3.8) is 0 Å². The fraction of sp³-hybridized carbons (Fsp3) is 0.667. The number of nitrogens with zero attached hydrogens (tertiary/aromatic N) is 2. The van der Waals surface area contributed by atoms with E-state index in [1.54, 1.807) is 13.2 Å². The maximum Gasteiger partial charge on any atom is 0.135 e. The largest absolute Gasteiger partial charge is 0.385 e. The highest BCUT2D eigenvalue weighted by Gasteiger charge is 2.05. The van der Waals surface area contributed by atoms with E-state index in [4.69, 9.17) is 10.5 Å². The van der Waals surface area contributed by atoms with Crippen LogP contribution in [-0.4, -0.2) is 30.2 Å². The standard InChI is InChI=1S/C12H22N4O/c1-9(2)12-15-10(13)8-11(16-12)14-6-4-5-7-17-3/h8-9H,4-7H2,1-3H3,(H3,13,14,15,16). The lowest BCUT2D eigenvalue weighted by molar-refractivity contribution is 0.194. The van der Waals surface area contributed by atoms with Crippen molar-refractivity contribution in [1.82, 2.24) is 9.97 Å². The first-order chi connectivity index (χ1) is 8.13. The van der Waals surface area contributed by atoms with Crippen LogP contribution >= 0.6 is 0 Å². The van der Waals surface area contributed by atoms with Crippen molar-refractivity contribution < 1.29 is 4.74 Å². The van der Waals surface area contributed by atoms with Gasteiger partial charge < -0.3 is 15.8 Å². The summed E-state index contributed by atoms with van der Waals surface area (Å²) in [6.45, 7) is 5.77. The van der Waals surface area contributed by atoms with Crippen molar-refractivity contribution in [2.75, 3.05) is 31.3 Å². The zero-order valence-electron chi connectivity index (χ0n) is 10.9. The summed E-state index contributed by atoms with van der Waals surface area (Å²) in [5.41, 5.74) is 5.74. The smallest absolute Gasteiger partial charge is 0.135 e. The van der Waals surface area contributed by atoms with E-state index in [0.717, 1.165) is 37.6 Å². The predicted molar refractivity (Wildman–Crippen MR) is 70.1 cm³/mol. The van der Waals surface area contributed by atoms with E-state index in [1.165, 1.54) is 0 Å². The van der Waals surface area contributed by atoms with Crippen molar-refractivity contribution in [3.05, 3.63) is 11.9 Å². The number of nitrogens with two attached hydrogens (primary N) is 1. The minimum absolute atomic E-state index is 0.285. The summed E-state index contributed by atoms with van der Waals surface area (Å²) in [5, 5.41) is 3.25. The quantitative estimate of drug-likeness (QED) is 0.711. The summed E-state index contributed by atoms with van der Waals surface area (Å²) in [7, 11) is 1.72. The highest BCUT2D eigenvalue weighted by molar-refractivity contribution is 5.44. The van der Waals surface area contributed by atoms with Gasteiger partial charge >= 0.3 is 0 Å². The maximum absolute atomic E-state index is 5.74. The van der Waals surface area contributed by atoms with Crippen LogP contribution in [0.3, 0.4) is 0 Å². The molecule has 0 aliphatic rings. The number of unbranched alkanes of at least 4 members (excludes halogenated alkanes) is 1. The van der Waals surface area contributed by atoms with Crippen molar-refractivity contribution in [2.45, 2.75) is 32.6 Å². The summed E-state index contributed by atoms with van der Waals surface area (Å²) >= 11 is 0.